The highest BCUT2D eigenvalue weighted by atomic mass is 79.9. The first-order valence-corrected chi connectivity index (χ1v) is 6.24. The van der Waals surface area contributed by atoms with Crippen LogP contribution in [0.1, 0.15) is 11.1 Å². The summed E-state index contributed by atoms with van der Waals surface area (Å²) < 4.78 is 14.3. The molecule has 0 aliphatic rings. The Labute approximate surface area is 117 Å². The van der Waals surface area contributed by atoms with E-state index >= 15 is 0 Å². The van der Waals surface area contributed by atoms with E-state index in [1.165, 1.54) is 18.2 Å². The van der Waals surface area contributed by atoms with Crippen LogP contribution in [0.3, 0.4) is 0 Å². The number of nitro groups is 1. The van der Waals surface area contributed by atoms with Gasteiger partial charge in [0.2, 0.25) is 0 Å². The van der Waals surface area contributed by atoms with Gasteiger partial charge < -0.3 is 0 Å². The summed E-state index contributed by atoms with van der Waals surface area (Å²) in [6.07, 6.45) is 1.23. The lowest BCUT2D eigenvalue weighted by Gasteiger charge is -2.01. The second-order valence-electron chi connectivity index (χ2n) is 3.82. The van der Waals surface area contributed by atoms with E-state index in [-0.39, 0.29) is 11.3 Å². The van der Waals surface area contributed by atoms with Gasteiger partial charge in [0.15, 0.2) is 0 Å². The number of benzene rings is 2. The van der Waals surface area contributed by atoms with Crippen LogP contribution in [0.15, 0.2) is 53.0 Å². The third kappa shape index (κ3) is 3.26. The van der Waals surface area contributed by atoms with Crippen LogP contribution in [0.5, 0.6) is 0 Å². The first-order valence-electron chi connectivity index (χ1n) is 5.44. The van der Waals surface area contributed by atoms with E-state index in [4.69, 9.17) is 0 Å². The van der Waals surface area contributed by atoms with Gasteiger partial charge in [-0.15, -0.1) is 0 Å². The average Bonchev–Trinajstić information content (AvgIpc) is 2.38. The Morgan fingerprint density at radius 2 is 1.89 bits per heavy atom. The van der Waals surface area contributed by atoms with E-state index in [0.29, 0.717) is 10.0 Å². The summed E-state index contributed by atoms with van der Waals surface area (Å²) in [4.78, 5) is 10.6. The first kappa shape index (κ1) is 13.4. The third-order valence-electron chi connectivity index (χ3n) is 2.52. The zero-order valence-electron chi connectivity index (χ0n) is 9.72. The topological polar surface area (TPSA) is 43.1 Å². The highest BCUT2D eigenvalue weighted by Gasteiger charge is 2.14. The lowest BCUT2D eigenvalue weighted by atomic mass is 10.1. The monoisotopic (exact) mass is 321 g/mol. The molecule has 0 spiro atoms. The van der Waals surface area contributed by atoms with Crippen molar-refractivity contribution in [2.45, 2.75) is 0 Å². The molecule has 0 fully saturated rings. The molecular weight excluding hydrogens is 313 g/mol. The van der Waals surface area contributed by atoms with Crippen molar-refractivity contribution in [3.63, 3.8) is 0 Å². The van der Waals surface area contributed by atoms with Crippen molar-refractivity contribution in [1.82, 2.24) is 0 Å². The van der Waals surface area contributed by atoms with E-state index in [1.807, 2.05) is 0 Å². The largest absolute Gasteiger partial charge is 0.277 e. The molecule has 0 radical (unpaired) electrons. The zero-order valence-corrected chi connectivity index (χ0v) is 11.3. The Balaban J connectivity index is 2.51. The Bertz CT molecular complexity index is 641. The maximum absolute atomic E-state index is 13.7. The fourth-order valence-corrected chi connectivity index (χ4v) is 1.95. The minimum atomic E-state index is -0.517. The molecule has 0 amide bonds. The van der Waals surface area contributed by atoms with E-state index < -0.39 is 10.7 Å². The molecule has 0 atom stereocenters. The molecule has 5 heteroatoms. The Hall–Kier alpha value is -2.01. The maximum atomic E-state index is 13.7. The van der Waals surface area contributed by atoms with Crippen molar-refractivity contribution < 1.29 is 9.31 Å². The van der Waals surface area contributed by atoms with Crippen LogP contribution in [0.4, 0.5) is 4.39 Å². The Morgan fingerprint density at radius 1 is 1.21 bits per heavy atom. The maximum Gasteiger partial charge on any atom is 0.277 e. The molecule has 0 heterocycles. The third-order valence-corrected chi connectivity index (χ3v) is 3.01. The van der Waals surface area contributed by atoms with Crippen LogP contribution in [-0.4, -0.2) is 4.92 Å². The quantitative estimate of drug-likeness (QED) is 0.479. The lowest BCUT2D eigenvalue weighted by molar-refractivity contribution is -0.374. The first-order chi connectivity index (χ1) is 9.08. The van der Waals surface area contributed by atoms with Crippen molar-refractivity contribution in [3.8, 4) is 0 Å². The van der Waals surface area contributed by atoms with Crippen molar-refractivity contribution in [2.75, 3.05) is 0 Å². The van der Waals surface area contributed by atoms with Gasteiger partial charge in [-0.05, 0) is 24.3 Å². The predicted molar refractivity (Wildman–Crippen MR) is 75.4 cm³/mol. The summed E-state index contributed by atoms with van der Waals surface area (Å²) >= 11 is 3.14. The van der Waals surface area contributed by atoms with Crippen LogP contribution >= 0.6 is 15.9 Å². The standard InChI is InChI=1S/C14H9BrFNO2/c15-12-7-6-11(13(16)9-12)8-14(17(18)19)10-4-2-1-3-5-10/h1-9H. The molecule has 0 saturated carbocycles. The minimum Gasteiger partial charge on any atom is -0.258 e. The van der Waals surface area contributed by atoms with Crippen LogP contribution in [-0.2, 0) is 0 Å². The van der Waals surface area contributed by atoms with Gasteiger partial charge in [0.05, 0.1) is 10.5 Å². The van der Waals surface area contributed by atoms with Crippen LogP contribution < -0.4 is 0 Å². The predicted octanol–water partition coefficient (Wildman–Crippen LogP) is 4.36. The molecule has 96 valence electrons. The lowest BCUT2D eigenvalue weighted by Crippen LogP contribution is -1.98. The fourth-order valence-electron chi connectivity index (χ4n) is 1.62. The summed E-state index contributed by atoms with van der Waals surface area (Å²) in [6, 6.07) is 12.8. The molecule has 2 aromatic rings. The molecule has 0 saturated heterocycles. The number of hydrogen-bond donors (Lipinski definition) is 0. The highest BCUT2D eigenvalue weighted by Crippen LogP contribution is 2.22. The molecule has 0 bridgehead atoms. The fraction of sp³-hybridized carbons (Fsp3) is 0. The molecule has 3 nitrogen and oxygen atoms in total. The molecule has 2 rings (SSSR count). The number of hydrogen-bond acceptors (Lipinski definition) is 2. The number of nitrogens with zero attached hydrogens (tertiary/aromatic N) is 1. The molecular formula is C14H9BrFNO2. The molecule has 0 aliphatic carbocycles. The van der Waals surface area contributed by atoms with Gasteiger partial charge in [0.1, 0.15) is 5.82 Å². The molecule has 0 N–H and O–H groups in total. The molecule has 2 aromatic carbocycles. The second-order valence-corrected chi connectivity index (χ2v) is 4.73. The van der Waals surface area contributed by atoms with Gasteiger partial charge in [-0.1, -0.05) is 40.2 Å². The van der Waals surface area contributed by atoms with Gasteiger partial charge in [-0.3, -0.25) is 10.1 Å². The Kier molecular flexibility index (Phi) is 4.06. The van der Waals surface area contributed by atoms with Gasteiger partial charge in [0, 0.05) is 16.1 Å². The van der Waals surface area contributed by atoms with Crippen LogP contribution in [0.2, 0.25) is 0 Å². The van der Waals surface area contributed by atoms with Crippen molar-refractivity contribution in [1.29, 1.82) is 0 Å². The van der Waals surface area contributed by atoms with E-state index in [2.05, 4.69) is 15.9 Å². The van der Waals surface area contributed by atoms with Crippen LogP contribution in [0, 0.1) is 15.9 Å². The number of halogens is 2. The van der Waals surface area contributed by atoms with E-state index in [0.717, 1.165) is 0 Å². The summed E-state index contributed by atoms with van der Waals surface area (Å²) in [5.41, 5.74) is 0.482. The normalized spacial score (nSPS) is 11.4. The summed E-state index contributed by atoms with van der Waals surface area (Å²) in [6.45, 7) is 0. The van der Waals surface area contributed by atoms with Crippen LogP contribution in [0.25, 0.3) is 11.8 Å². The molecule has 0 aliphatic heterocycles. The highest BCUT2D eigenvalue weighted by molar-refractivity contribution is 9.10. The van der Waals surface area contributed by atoms with E-state index in [1.54, 1.807) is 36.4 Å². The SMILES string of the molecule is O=[N+]([O-])C(=Cc1ccc(Br)cc1F)c1ccccc1. The van der Waals surface area contributed by atoms with Gasteiger partial charge >= 0.3 is 0 Å². The molecule has 0 aromatic heterocycles. The van der Waals surface area contributed by atoms with Gasteiger partial charge in [-0.25, -0.2) is 4.39 Å². The summed E-state index contributed by atoms with van der Waals surface area (Å²) in [5, 5.41) is 11.1. The summed E-state index contributed by atoms with van der Waals surface area (Å²) in [7, 11) is 0. The smallest absolute Gasteiger partial charge is 0.258 e. The van der Waals surface area contributed by atoms with Gasteiger partial charge in [-0.2, -0.15) is 0 Å². The van der Waals surface area contributed by atoms with Gasteiger partial charge in [0.25, 0.3) is 5.70 Å². The van der Waals surface area contributed by atoms with Crippen molar-refractivity contribution >= 4 is 27.7 Å². The minimum absolute atomic E-state index is 0.137. The van der Waals surface area contributed by atoms with Crippen molar-refractivity contribution in [2.24, 2.45) is 0 Å². The summed E-state index contributed by atoms with van der Waals surface area (Å²) in [5.74, 6) is -0.510. The zero-order chi connectivity index (χ0) is 13.8. The average molecular weight is 322 g/mol. The molecule has 19 heavy (non-hydrogen) atoms. The molecule has 0 unspecified atom stereocenters. The second kappa shape index (κ2) is 5.75. The van der Waals surface area contributed by atoms with Crippen molar-refractivity contribution in [3.05, 3.63) is 80.1 Å². The van der Waals surface area contributed by atoms with E-state index in [9.17, 15) is 14.5 Å². The number of rotatable bonds is 3. The Morgan fingerprint density at radius 3 is 2.47 bits per heavy atom.